The van der Waals surface area contributed by atoms with Crippen LogP contribution in [-0.2, 0) is 4.74 Å². The molecule has 0 heterocycles. The van der Waals surface area contributed by atoms with E-state index in [9.17, 15) is 4.79 Å². The Morgan fingerprint density at radius 2 is 2.05 bits per heavy atom. The minimum atomic E-state index is -0.359. The highest BCUT2D eigenvalue weighted by Gasteiger charge is 2.16. The highest BCUT2D eigenvalue weighted by molar-refractivity contribution is 5.92. The first-order valence-electron chi connectivity index (χ1n) is 6.74. The van der Waals surface area contributed by atoms with Crippen LogP contribution in [0, 0.1) is 5.92 Å². The largest absolute Gasteiger partial charge is 0.465 e. The van der Waals surface area contributed by atoms with E-state index in [0.717, 1.165) is 12.2 Å². The second kappa shape index (κ2) is 7.14. The van der Waals surface area contributed by atoms with Gasteiger partial charge in [0.15, 0.2) is 0 Å². The lowest BCUT2D eigenvalue weighted by molar-refractivity contribution is 0.0601. The number of hydrogen-bond donors (Lipinski definition) is 2. The Morgan fingerprint density at radius 1 is 1.40 bits per heavy atom. The van der Waals surface area contributed by atoms with Crippen LogP contribution < -0.4 is 11.1 Å². The van der Waals surface area contributed by atoms with E-state index >= 15 is 0 Å². The molecule has 1 aromatic carbocycles. The molecule has 1 aromatic rings. The number of nitrogen functional groups attached to an aromatic ring is 1. The van der Waals surface area contributed by atoms with Crippen LogP contribution in [0.1, 0.15) is 24.2 Å². The van der Waals surface area contributed by atoms with Crippen LogP contribution in [0.25, 0.3) is 0 Å². The number of carbonyl (C=O) groups is 1. The zero-order chi connectivity index (χ0) is 15.3. The standard InChI is InChI=1S/C15H25N3O2/c1-10(2)14(9-18(3)4)17-13-8-11(15(19)20-5)6-7-12(13)16/h6-8,10,14,17H,9,16H2,1-5H3. The molecule has 0 aliphatic heterocycles. The molecule has 1 atom stereocenters. The van der Waals surface area contributed by atoms with Crippen LogP contribution in [0.4, 0.5) is 11.4 Å². The molecule has 0 saturated carbocycles. The smallest absolute Gasteiger partial charge is 0.337 e. The molecule has 0 aromatic heterocycles. The number of anilines is 2. The third kappa shape index (κ3) is 4.42. The van der Waals surface area contributed by atoms with E-state index in [1.165, 1.54) is 7.11 Å². The third-order valence-electron chi connectivity index (χ3n) is 3.18. The van der Waals surface area contributed by atoms with Gasteiger partial charge in [-0.25, -0.2) is 4.79 Å². The van der Waals surface area contributed by atoms with Crippen LogP contribution in [0.15, 0.2) is 18.2 Å². The van der Waals surface area contributed by atoms with Gasteiger partial charge in [-0.2, -0.15) is 0 Å². The Kier molecular flexibility index (Phi) is 5.82. The molecule has 0 aliphatic carbocycles. The Balaban J connectivity index is 2.96. The summed E-state index contributed by atoms with van der Waals surface area (Å²) < 4.78 is 4.73. The first-order chi connectivity index (χ1) is 9.35. The molecule has 0 amide bonds. The van der Waals surface area contributed by atoms with Gasteiger partial charge in [0, 0.05) is 12.6 Å². The Morgan fingerprint density at radius 3 is 2.55 bits per heavy atom. The van der Waals surface area contributed by atoms with Crippen molar-refractivity contribution >= 4 is 17.3 Å². The summed E-state index contributed by atoms with van der Waals surface area (Å²) in [6.45, 7) is 5.20. The van der Waals surface area contributed by atoms with Crippen molar-refractivity contribution in [2.24, 2.45) is 5.92 Å². The summed E-state index contributed by atoms with van der Waals surface area (Å²) in [5, 5.41) is 3.42. The maximum absolute atomic E-state index is 11.6. The van der Waals surface area contributed by atoms with E-state index < -0.39 is 0 Å². The number of nitrogens with zero attached hydrogens (tertiary/aromatic N) is 1. The summed E-state index contributed by atoms with van der Waals surface area (Å²) in [6.07, 6.45) is 0. The molecule has 112 valence electrons. The summed E-state index contributed by atoms with van der Waals surface area (Å²) in [5.74, 6) is 0.0836. The number of ether oxygens (including phenoxy) is 1. The van der Waals surface area contributed by atoms with E-state index in [1.54, 1.807) is 18.2 Å². The van der Waals surface area contributed by atoms with Gasteiger partial charge < -0.3 is 20.7 Å². The van der Waals surface area contributed by atoms with Gasteiger partial charge in [0.25, 0.3) is 0 Å². The van der Waals surface area contributed by atoms with Gasteiger partial charge in [0.1, 0.15) is 0 Å². The molecule has 20 heavy (non-hydrogen) atoms. The maximum Gasteiger partial charge on any atom is 0.337 e. The zero-order valence-electron chi connectivity index (χ0n) is 12.9. The number of nitrogens with two attached hydrogens (primary N) is 1. The molecule has 1 unspecified atom stereocenters. The highest BCUT2D eigenvalue weighted by atomic mass is 16.5. The van der Waals surface area contributed by atoms with Gasteiger partial charge in [-0.3, -0.25) is 0 Å². The van der Waals surface area contributed by atoms with Gasteiger partial charge in [-0.15, -0.1) is 0 Å². The van der Waals surface area contributed by atoms with Gasteiger partial charge in [0.2, 0.25) is 0 Å². The Bertz CT molecular complexity index is 458. The average molecular weight is 279 g/mol. The maximum atomic E-state index is 11.6. The van der Waals surface area contributed by atoms with Crippen LogP contribution in [0.3, 0.4) is 0 Å². The van der Waals surface area contributed by atoms with Gasteiger partial charge in [0.05, 0.1) is 24.0 Å². The molecule has 0 radical (unpaired) electrons. The van der Waals surface area contributed by atoms with E-state index in [-0.39, 0.29) is 12.0 Å². The molecule has 5 heteroatoms. The van der Waals surface area contributed by atoms with Crippen molar-refractivity contribution in [3.63, 3.8) is 0 Å². The molecule has 1 rings (SSSR count). The molecule has 0 saturated heterocycles. The number of nitrogens with one attached hydrogen (secondary N) is 1. The van der Waals surface area contributed by atoms with Crippen molar-refractivity contribution in [2.45, 2.75) is 19.9 Å². The Labute approximate surface area is 121 Å². The van der Waals surface area contributed by atoms with Gasteiger partial charge in [-0.1, -0.05) is 13.8 Å². The lowest BCUT2D eigenvalue weighted by atomic mass is 10.0. The Hall–Kier alpha value is -1.75. The minimum absolute atomic E-state index is 0.250. The van der Waals surface area contributed by atoms with E-state index in [4.69, 9.17) is 10.5 Å². The molecule has 0 fully saturated rings. The van der Waals surface area contributed by atoms with E-state index in [0.29, 0.717) is 17.2 Å². The van der Waals surface area contributed by atoms with E-state index in [2.05, 4.69) is 24.1 Å². The summed E-state index contributed by atoms with van der Waals surface area (Å²) in [5.41, 5.74) is 7.88. The number of benzene rings is 1. The number of rotatable bonds is 6. The summed E-state index contributed by atoms with van der Waals surface area (Å²) in [6, 6.07) is 5.39. The fourth-order valence-electron chi connectivity index (χ4n) is 1.94. The minimum Gasteiger partial charge on any atom is -0.465 e. The van der Waals surface area contributed by atoms with Gasteiger partial charge in [-0.05, 0) is 38.2 Å². The number of esters is 1. The predicted molar refractivity (Wildman–Crippen MR) is 83.0 cm³/mol. The first-order valence-corrected chi connectivity index (χ1v) is 6.74. The van der Waals surface area contributed by atoms with Crippen molar-refractivity contribution in [3.8, 4) is 0 Å². The number of likely N-dealkylation sites (N-methyl/N-ethyl adjacent to an activating group) is 1. The molecule has 0 spiro atoms. The highest BCUT2D eigenvalue weighted by Crippen LogP contribution is 2.23. The first kappa shape index (κ1) is 16.3. The third-order valence-corrected chi connectivity index (χ3v) is 3.18. The molecule has 3 N–H and O–H groups in total. The quantitative estimate of drug-likeness (QED) is 0.616. The predicted octanol–water partition coefficient (Wildman–Crippen LogP) is 2.05. The van der Waals surface area contributed by atoms with Crippen molar-refractivity contribution in [1.29, 1.82) is 0 Å². The molecular weight excluding hydrogens is 254 g/mol. The fraction of sp³-hybridized carbons (Fsp3) is 0.533. The lowest BCUT2D eigenvalue weighted by Gasteiger charge is -2.27. The molecule has 0 bridgehead atoms. The SMILES string of the molecule is COC(=O)c1ccc(N)c(NC(CN(C)C)C(C)C)c1. The topological polar surface area (TPSA) is 67.6 Å². The normalized spacial score (nSPS) is 12.6. The summed E-state index contributed by atoms with van der Waals surface area (Å²) >= 11 is 0. The van der Waals surface area contributed by atoms with Crippen LogP contribution in [0.5, 0.6) is 0 Å². The number of carbonyl (C=O) groups excluding carboxylic acids is 1. The molecular formula is C15H25N3O2. The summed E-state index contributed by atoms with van der Waals surface area (Å²) in [7, 11) is 5.44. The van der Waals surface area contributed by atoms with Crippen LogP contribution in [-0.4, -0.2) is 44.7 Å². The molecule has 0 aliphatic rings. The number of hydrogen-bond acceptors (Lipinski definition) is 5. The zero-order valence-corrected chi connectivity index (χ0v) is 12.9. The monoisotopic (exact) mass is 279 g/mol. The van der Waals surface area contributed by atoms with Crippen LogP contribution >= 0.6 is 0 Å². The fourth-order valence-corrected chi connectivity index (χ4v) is 1.94. The van der Waals surface area contributed by atoms with Crippen LogP contribution in [0.2, 0.25) is 0 Å². The van der Waals surface area contributed by atoms with Crippen molar-refractivity contribution in [3.05, 3.63) is 23.8 Å². The van der Waals surface area contributed by atoms with E-state index in [1.807, 2.05) is 14.1 Å². The second-order valence-corrected chi connectivity index (χ2v) is 5.55. The lowest BCUT2D eigenvalue weighted by Crippen LogP contribution is -2.36. The summed E-state index contributed by atoms with van der Waals surface area (Å²) in [4.78, 5) is 13.7. The second-order valence-electron chi connectivity index (χ2n) is 5.55. The van der Waals surface area contributed by atoms with Crippen molar-refractivity contribution < 1.29 is 9.53 Å². The van der Waals surface area contributed by atoms with Crippen molar-refractivity contribution in [1.82, 2.24) is 4.90 Å². The van der Waals surface area contributed by atoms with Crippen molar-refractivity contribution in [2.75, 3.05) is 38.8 Å². The van der Waals surface area contributed by atoms with Gasteiger partial charge >= 0.3 is 5.97 Å². The average Bonchev–Trinajstić information content (AvgIpc) is 2.38. The molecule has 5 nitrogen and oxygen atoms in total. The number of methoxy groups -OCH3 is 1.